The summed E-state index contributed by atoms with van der Waals surface area (Å²) in [6, 6.07) is 1.02. The van der Waals surface area contributed by atoms with Gasteiger partial charge >= 0.3 is 0 Å². The summed E-state index contributed by atoms with van der Waals surface area (Å²) in [5.74, 6) is -0.493. The average Bonchev–Trinajstić information content (AvgIpc) is 2.24. The zero-order valence-corrected chi connectivity index (χ0v) is 6.48. The molecular formula is C8H12N4O. The minimum atomic E-state index is -3.12. The van der Waals surface area contributed by atoms with Gasteiger partial charge in [0.05, 0.1) is 24.1 Å². The zero-order chi connectivity index (χ0) is 16.3. The van der Waals surface area contributed by atoms with E-state index >= 15 is 0 Å². The van der Waals surface area contributed by atoms with E-state index in [9.17, 15) is 0 Å². The Labute approximate surface area is 87.8 Å². The minimum Gasteiger partial charge on any atom is -0.384 e. The van der Waals surface area contributed by atoms with E-state index in [1.54, 1.807) is 0 Å². The Hall–Kier alpha value is -1.36. The molecule has 1 saturated heterocycles. The predicted molar refractivity (Wildman–Crippen MR) is 49.5 cm³/mol. The molecular weight excluding hydrogens is 168 g/mol. The van der Waals surface area contributed by atoms with Crippen molar-refractivity contribution in [3.05, 3.63) is 12.4 Å². The lowest BCUT2D eigenvalue weighted by Crippen LogP contribution is -2.36. The van der Waals surface area contributed by atoms with E-state index in [0.717, 1.165) is 12.4 Å². The molecule has 1 fully saturated rings. The van der Waals surface area contributed by atoms with E-state index in [2.05, 4.69) is 14.7 Å². The Balaban J connectivity index is 2.67. The fourth-order valence-electron chi connectivity index (χ4n) is 0.789. The number of hydrogen-bond acceptors (Lipinski definition) is 5. The number of ether oxygens (including phenoxy) is 1. The molecule has 1 aliphatic rings. The molecule has 5 nitrogen and oxygen atoms in total. The predicted octanol–water partition coefficient (Wildman–Crippen LogP) is -0.105. The summed E-state index contributed by atoms with van der Waals surface area (Å²) in [4.78, 5) is 7.47. The van der Waals surface area contributed by atoms with Crippen LogP contribution in [0.3, 0.4) is 0 Å². The molecule has 0 aromatic carbocycles. The number of rotatable bonds is 1. The fraction of sp³-hybridized carbons (Fsp3) is 0.500. The summed E-state index contributed by atoms with van der Waals surface area (Å²) in [6.45, 7) is -12.3. The monoisotopic (exact) mass is 188 g/mol. The Morgan fingerprint density at radius 3 is 2.92 bits per heavy atom. The van der Waals surface area contributed by atoms with Gasteiger partial charge in [0.25, 0.3) is 0 Å². The summed E-state index contributed by atoms with van der Waals surface area (Å²) in [5, 5.41) is 0. The Morgan fingerprint density at radius 2 is 2.23 bits per heavy atom. The first-order valence-electron chi connectivity index (χ1n) is 7.41. The van der Waals surface area contributed by atoms with E-state index < -0.39 is 31.9 Å². The highest BCUT2D eigenvalue weighted by Gasteiger charge is 2.11. The highest BCUT2D eigenvalue weighted by Crippen LogP contribution is 2.12. The van der Waals surface area contributed by atoms with Gasteiger partial charge in [0, 0.05) is 19.1 Å². The molecule has 1 aliphatic heterocycles. The van der Waals surface area contributed by atoms with Crippen molar-refractivity contribution in [2.75, 3.05) is 36.7 Å². The van der Waals surface area contributed by atoms with Crippen LogP contribution in [0.4, 0.5) is 11.6 Å². The highest BCUT2D eigenvalue weighted by atomic mass is 16.5. The van der Waals surface area contributed by atoms with Gasteiger partial charge in [0.2, 0.25) is 0 Å². The van der Waals surface area contributed by atoms with Crippen LogP contribution in [0.2, 0.25) is 0 Å². The molecule has 0 unspecified atom stereocenters. The number of hydrogen-bond donors (Lipinski definition) is 1. The van der Waals surface area contributed by atoms with Crippen LogP contribution in [-0.2, 0) is 4.74 Å². The van der Waals surface area contributed by atoms with E-state index in [1.807, 2.05) is 0 Å². The van der Waals surface area contributed by atoms with Crippen LogP contribution in [0, 0.1) is 0 Å². The van der Waals surface area contributed by atoms with Crippen LogP contribution in [-0.4, -0.2) is 36.1 Å². The first-order chi connectivity index (χ1) is 9.33. The molecule has 1 aromatic heterocycles. The zero-order valence-electron chi connectivity index (χ0n) is 14.5. The molecule has 70 valence electrons. The van der Waals surface area contributed by atoms with Gasteiger partial charge < -0.3 is 15.4 Å². The van der Waals surface area contributed by atoms with E-state index in [4.69, 9.17) is 16.7 Å². The second kappa shape index (κ2) is 3.57. The Bertz CT molecular complexity index is 539. The molecule has 0 atom stereocenters. The van der Waals surface area contributed by atoms with Crippen LogP contribution in [0.25, 0.3) is 0 Å². The van der Waals surface area contributed by atoms with Crippen LogP contribution < -0.4 is 10.6 Å². The van der Waals surface area contributed by atoms with Crippen molar-refractivity contribution in [1.29, 1.82) is 0 Å². The number of nitrogens with two attached hydrogens (primary N) is 1. The molecule has 2 rings (SSSR count). The van der Waals surface area contributed by atoms with Gasteiger partial charge in [-0.3, -0.25) is 0 Å². The van der Waals surface area contributed by atoms with Crippen molar-refractivity contribution in [2.24, 2.45) is 0 Å². The first-order valence-corrected chi connectivity index (χ1v) is 3.41. The lowest BCUT2D eigenvalue weighted by molar-refractivity contribution is 0.122. The van der Waals surface area contributed by atoms with Crippen molar-refractivity contribution in [3.63, 3.8) is 0 Å². The van der Waals surface area contributed by atoms with Crippen molar-refractivity contribution in [3.8, 4) is 0 Å². The van der Waals surface area contributed by atoms with Crippen LogP contribution >= 0.6 is 0 Å². The molecule has 0 amide bonds. The molecule has 5 heteroatoms. The van der Waals surface area contributed by atoms with E-state index in [1.165, 1.54) is 0 Å². The maximum atomic E-state index is 7.81. The summed E-state index contributed by atoms with van der Waals surface area (Å²) in [5.41, 5.74) is 5.44. The van der Waals surface area contributed by atoms with Crippen LogP contribution in [0.15, 0.2) is 12.4 Å². The van der Waals surface area contributed by atoms with Crippen molar-refractivity contribution < 1.29 is 15.7 Å². The largest absolute Gasteiger partial charge is 0.384 e. The second-order valence-electron chi connectivity index (χ2n) is 2.17. The van der Waals surface area contributed by atoms with Gasteiger partial charge in [0.15, 0.2) is 0 Å². The van der Waals surface area contributed by atoms with Crippen LogP contribution in [0.5, 0.6) is 0 Å². The summed E-state index contributed by atoms with van der Waals surface area (Å²) < 4.78 is 65.8. The Kier molecular flexibility index (Phi) is 0.850. The smallest absolute Gasteiger partial charge is 0.134 e. The minimum absolute atomic E-state index is 0.0979. The molecule has 0 saturated carbocycles. The summed E-state index contributed by atoms with van der Waals surface area (Å²) in [7, 11) is 0. The molecule has 0 radical (unpaired) electrons. The Morgan fingerprint density at radius 1 is 1.46 bits per heavy atom. The topological polar surface area (TPSA) is 64.3 Å². The van der Waals surface area contributed by atoms with Gasteiger partial charge in [0.1, 0.15) is 18.0 Å². The molecule has 0 spiro atoms. The van der Waals surface area contributed by atoms with Gasteiger partial charge in [-0.1, -0.05) is 0 Å². The number of aromatic nitrogens is 2. The highest BCUT2D eigenvalue weighted by molar-refractivity contribution is 5.45. The number of morpholine rings is 1. The van der Waals surface area contributed by atoms with Crippen molar-refractivity contribution >= 4 is 11.6 Å². The number of anilines is 2. The maximum absolute atomic E-state index is 7.81. The second-order valence-corrected chi connectivity index (χ2v) is 2.17. The number of nitrogens with zero attached hydrogens (tertiary/aromatic N) is 3. The molecule has 0 aliphatic carbocycles. The molecule has 0 bridgehead atoms. The SMILES string of the molecule is [2H]C1([2H])OC([2H])([2H])C([2H])([2H])N(c2cc(N)ncn2)C1([2H])[2H]. The standard InChI is InChI=1S/C8H12N4O/c9-7-5-8(11-6-10-7)12-1-3-13-4-2-12/h5-6H,1-4H2,(H2,9,10,11)/i1D2,2D2,3D2,4D2. The van der Waals surface area contributed by atoms with Gasteiger partial charge in [-0.25, -0.2) is 9.97 Å². The van der Waals surface area contributed by atoms with Crippen LogP contribution in [0.1, 0.15) is 11.0 Å². The lowest BCUT2D eigenvalue weighted by atomic mass is 10.4. The molecule has 1 aromatic rings. The third-order valence-corrected chi connectivity index (χ3v) is 1.32. The lowest BCUT2D eigenvalue weighted by Gasteiger charge is -2.27. The third kappa shape index (κ3) is 1.86. The van der Waals surface area contributed by atoms with Crippen molar-refractivity contribution in [2.45, 2.75) is 0 Å². The summed E-state index contributed by atoms with van der Waals surface area (Å²) in [6.07, 6.45) is 0.942. The fourth-order valence-corrected chi connectivity index (χ4v) is 0.789. The summed E-state index contributed by atoms with van der Waals surface area (Å²) >= 11 is 0. The molecule has 2 N–H and O–H groups in total. The maximum Gasteiger partial charge on any atom is 0.134 e. The third-order valence-electron chi connectivity index (χ3n) is 1.32. The quantitative estimate of drug-likeness (QED) is 0.666. The van der Waals surface area contributed by atoms with Gasteiger partial charge in [-0.05, 0) is 0 Å². The van der Waals surface area contributed by atoms with E-state index in [-0.39, 0.29) is 10.7 Å². The first kappa shape index (κ1) is 3.09. The van der Waals surface area contributed by atoms with Gasteiger partial charge in [-0.2, -0.15) is 0 Å². The molecule has 13 heavy (non-hydrogen) atoms. The van der Waals surface area contributed by atoms with Gasteiger partial charge in [-0.15, -0.1) is 0 Å². The van der Waals surface area contributed by atoms with Crippen molar-refractivity contribution in [1.82, 2.24) is 9.97 Å². The molecule has 2 heterocycles. The van der Waals surface area contributed by atoms with E-state index in [0.29, 0.717) is 0 Å². The number of nitrogen functional groups attached to an aromatic ring is 1. The normalized spacial score (nSPS) is 42.0. The average molecular weight is 188 g/mol.